The molecule has 1 aromatic carbocycles. The first kappa shape index (κ1) is 20.8. The van der Waals surface area contributed by atoms with Crippen molar-refractivity contribution in [3.63, 3.8) is 0 Å². The number of aliphatic hydroxyl groups is 1. The van der Waals surface area contributed by atoms with Crippen molar-refractivity contribution in [2.45, 2.75) is 39.5 Å². The molecule has 128 valence electrons. The molecule has 0 unspecified atom stereocenters. The van der Waals surface area contributed by atoms with Gasteiger partial charge in [0.25, 0.3) is 0 Å². The first-order valence-electron chi connectivity index (χ1n) is 7.42. The van der Waals surface area contributed by atoms with Gasteiger partial charge in [-0.3, -0.25) is 9.59 Å². The topological polar surface area (TPSA) is 89.9 Å². The summed E-state index contributed by atoms with van der Waals surface area (Å²) in [5.74, 6) is 0.520. The van der Waals surface area contributed by atoms with Gasteiger partial charge in [0, 0.05) is 26.4 Å². The summed E-state index contributed by atoms with van der Waals surface area (Å²) in [6, 6.07) is 5.44. The number of esters is 1. The minimum absolute atomic E-state index is 0.0172. The molecule has 0 atom stereocenters. The van der Waals surface area contributed by atoms with Crippen LogP contribution in [0.4, 0.5) is 0 Å². The Morgan fingerprint density at radius 2 is 1.87 bits per heavy atom. The van der Waals surface area contributed by atoms with Crippen molar-refractivity contribution >= 4 is 18.5 Å². The van der Waals surface area contributed by atoms with Gasteiger partial charge in [-0.2, -0.15) is 0 Å². The number of rotatable bonds is 9. The predicted octanol–water partition coefficient (Wildman–Crippen LogP) is 2.10. The Labute approximate surface area is 136 Å². The first-order valence-corrected chi connectivity index (χ1v) is 7.42. The van der Waals surface area contributed by atoms with Gasteiger partial charge < -0.3 is 19.4 Å². The van der Waals surface area contributed by atoms with Crippen LogP contribution in [0.25, 0.3) is 0 Å². The fourth-order valence-electron chi connectivity index (χ4n) is 1.83. The maximum atomic E-state index is 11.3. The van der Waals surface area contributed by atoms with E-state index in [4.69, 9.17) is 19.4 Å². The smallest absolute Gasteiger partial charge is 0.308 e. The molecule has 0 aliphatic heterocycles. The van der Waals surface area contributed by atoms with Crippen LogP contribution < -0.4 is 9.47 Å². The Hall–Kier alpha value is -2.21. The van der Waals surface area contributed by atoms with Crippen LogP contribution >= 0.6 is 0 Å². The van der Waals surface area contributed by atoms with E-state index in [1.807, 2.05) is 25.8 Å². The van der Waals surface area contributed by atoms with Crippen molar-refractivity contribution in [2.75, 3.05) is 13.2 Å². The van der Waals surface area contributed by atoms with E-state index >= 15 is 0 Å². The average molecular weight is 324 g/mol. The highest BCUT2D eigenvalue weighted by atomic mass is 16.6. The number of aliphatic hydroxyl groups excluding tert-OH is 1. The Kier molecular flexibility index (Phi) is 11.2. The Morgan fingerprint density at radius 3 is 2.43 bits per heavy atom. The van der Waals surface area contributed by atoms with Gasteiger partial charge in [-0.25, -0.2) is 0 Å². The van der Waals surface area contributed by atoms with Crippen LogP contribution in [-0.4, -0.2) is 36.9 Å². The number of benzene rings is 1. The van der Waals surface area contributed by atoms with E-state index < -0.39 is 5.97 Å². The summed E-state index contributed by atoms with van der Waals surface area (Å²) >= 11 is 0. The lowest BCUT2D eigenvalue weighted by Gasteiger charge is -2.12. The molecule has 0 heterocycles. The van der Waals surface area contributed by atoms with Crippen molar-refractivity contribution in [3.8, 4) is 11.5 Å². The van der Waals surface area contributed by atoms with E-state index in [0.29, 0.717) is 30.9 Å². The van der Waals surface area contributed by atoms with Crippen molar-refractivity contribution in [1.29, 1.82) is 0 Å². The van der Waals surface area contributed by atoms with Crippen molar-refractivity contribution in [1.82, 2.24) is 0 Å². The van der Waals surface area contributed by atoms with Crippen molar-refractivity contribution in [3.05, 3.63) is 23.8 Å². The number of ketones is 1. The minimum Gasteiger partial charge on any atom is -0.490 e. The lowest BCUT2D eigenvalue weighted by molar-refractivity contribution is -0.132. The number of ether oxygens (including phenoxy) is 2. The number of hydrogen-bond acceptors (Lipinski definition) is 6. The predicted molar refractivity (Wildman–Crippen MR) is 85.7 cm³/mol. The number of Topliss-reactive ketones (excluding diaryl/α,β-unsaturated/α-hetero) is 1. The van der Waals surface area contributed by atoms with E-state index in [1.54, 1.807) is 6.07 Å². The zero-order valence-electron chi connectivity index (χ0n) is 13.7. The number of carbonyl (C=O) groups excluding carboxylic acids is 3. The highest BCUT2D eigenvalue weighted by Crippen LogP contribution is 2.29. The third-order valence-corrected chi connectivity index (χ3v) is 2.92. The van der Waals surface area contributed by atoms with E-state index in [-0.39, 0.29) is 18.8 Å². The number of carbonyl (C=O) groups is 3. The second kappa shape index (κ2) is 12.3. The molecule has 1 rings (SSSR count). The van der Waals surface area contributed by atoms with E-state index in [9.17, 15) is 9.59 Å². The molecule has 0 saturated carbocycles. The first-order chi connectivity index (χ1) is 11.1. The van der Waals surface area contributed by atoms with Crippen molar-refractivity contribution < 1.29 is 29.0 Å². The number of aryl methyl sites for hydroxylation is 1. The van der Waals surface area contributed by atoms with Gasteiger partial charge in [0.15, 0.2) is 11.5 Å². The van der Waals surface area contributed by atoms with Gasteiger partial charge >= 0.3 is 5.97 Å². The minimum atomic E-state index is -0.401. The van der Waals surface area contributed by atoms with Crippen LogP contribution in [0.15, 0.2) is 18.2 Å². The molecule has 1 N–H and O–H groups in total. The molecule has 0 aliphatic carbocycles. The van der Waals surface area contributed by atoms with Crippen LogP contribution in [0.1, 0.15) is 38.7 Å². The van der Waals surface area contributed by atoms with Gasteiger partial charge in [-0.1, -0.05) is 13.0 Å². The summed E-state index contributed by atoms with van der Waals surface area (Å²) in [5.41, 5.74) is 1.08. The van der Waals surface area contributed by atoms with Gasteiger partial charge in [0.2, 0.25) is 0 Å². The van der Waals surface area contributed by atoms with Crippen LogP contribution in [0.5, 0.6) is 11.5 Å². The molecular weight excluding hydrogens is 300 g/mol. The van der Waals surface area contributed by atoms with Crippen LogP contribution in [0.2, 0.25) is 0 Å². The molecule has 0 spiro atoms. The second-order valence-corrected chi connectivity index (χ2v) is 4.69. The Bertz CT molecular complexity index is 498. The van der Waals surface area contributed by atoms with E-state index in [0.717, 1.165) is 12.0 Å². The quantitative estimate of drug-likeness (QED) is 0.425. The molecule has 6 nitrogen and oxygen atoms in total. The monoisotopic (exact) mass is 324 g/mol. The van der Waals surface area contributed by atoms with Crippen LogP contribution in [0, 0.1) is 0 Å². The van der Waals surface area contributed by atoms with Gasteiger partial charge in [-0.05, 0) is 30.5 Å². The summed E-state index contributed by atoms with van der Waals surface area (Å²) < 4.78 is 10.7. The molecule has 1 aromatic rings. The lowest BCUT2D eigenvalue weighted by Crippen LogP contribution is -2.07. The number of hydrogen-bond donors (Lipinski definition) is 1. The summed E-state index contributed by atoms with van der Waals surface area (Å²) in [4.78, 5) is 30.3. The maximum Gasteiger partial charge on any atom is 0.308 e. The highest BCUT2D eigenvalue weighted by molar-refractivity contribution is 5.78. The fourth-order valence-corrected chi connectivity index (χ4v) is 1.83. The third-order valence-electron chi connectivity index (χ3n) is 2.92. The molecule has 23 heavy (non-hydrogen) atoms. The molecule has 0 radical (unpaired) electrons. The molecule has 0 saturated heterocycles. The maximum absolute atomic E-state index is 11.3. The van der Waals surface area contributed by atoms with Crippen LogP contribution in [-0.2, 0) is 20.8 Å². The summed E-state index contributed by atoms with van der Waals surface area (Å²) in [6.45, 7) is 5.61. The molecule has 0 aromatic heterocycles. The molecule has 0 bridgehead atoms. The van der Waals surface area contributed by atoms with Crippen LogP contribution in [0.3, 0.4) is 0 Å². The zero-order valence-corrected chi connectivity index (χ0v) is 13.7. The molecule has 0 amide bonds. The lowest BCUT2D eigenvalue weighted by atomic mass is 10.1. The second-order valence-electron chi connectivity index (χ2n) is 4.69. The van der Waals surface area contributed by atoms with E-state index in [1.165, 1.54) is 6.92 Å². The Balaban J connectivity index is 0.00000232. The summed E-state index contributed by atoms with van der Waals surface area (Å²) in [5, 5.41) is 8.65. The average Bonchev–Trinajstić information content (AvgIpc) is 2.54. The standard InChI is InChI=1S/C16H22O5.CH2O/c1-3-13-6-7-15(21-12(2)18)16(11-13)20-10-4-5-14(19)8-9-17;1-2/h6-7,11,17H,3-5,8-10H2,1-2H3;1H2. The molecule has 6 heteroatoms. The fraction of sp³-hybridized carbons (Fsp3) is 0.471. The SMILES string of the molecule is C=O.CCc1ccc(OC(C)=O)c(OCCCC(=O)CCO)c1. The summed E-state index contributed by atoms with van der Waals surface area (Å²) in [7, 11) is 0. The van der Waals surface area contributed by atoms with Gasteiger partial charge in [-0.15, -0.1) is 0 Å². The van der Waals surface area contributed by atoms with Gasteiger partial charge in [0.1, 0.15) is 12.6 Å². The largest absolute Gasteiger partial charge is 0.490 e. The normalized spacial score (nSPS) is 9.52. The highest BCUT2D eigenvalue weighted by Gasteiger charge is 2.09. The van der Waals surface area contributed by atoms with E-state index in [2.05, 4.69) is 0 Å². The Morgan fingerprint density at radius 1 is 1.17 bits per heavy atom. The molecular formula is C17H24O6. The van der Waals surface area contributed by atoms with Gasteiger partial charge in [0.05, 0.1) is 6.61 Å². The van der Waals surface area contributed by atoms with Crippen molar-refractivity contribution in [2.24, 2.45) is 0 Å². The third kappa shape index (κ3) is 8.73. The molecule has 0 fully saturated rings. The molecule has 0 aliphatic rings. The zero-order chi connectivity index (χ0) is 17.7. The summed E-state index contributed by atoms with van der Waals surface area (Å²) in [6.07, 6.45) is 1.97.